The second-order valence-corrected chi connectivity index (χ2v) is 8.44. The molecule has 0 aliphatic carbocycles. The molecule has 0 saturated heterocycles. The summed E-state index contributed by atoms with van der Waals surface area (Å²) in [5.41, 5.74) is 2.03. The summed E-state index contributed by atoms with van der Waals surface area (Å²) in [7, 11) is -4.07. The second-order valence-electron chi connectivity index (χ2n) is 6.48. The van der Waals surface area contributed by atoms with Crippen molar-refractivity contribution in [2.75, 3.05) is 0 Å². The van der Waals surface area contributed by atoms with Gasteiger partial charge in [0.1, 0.15) is 4.90 Å². The van der Waals surface area contributed by atoms with Crippen LogP contribution in [0.5, 0.6) is 0 Å². The van der Waals surface area contributed by atoms with E-state index in [-0.39, 0.29) is 10.6 Å². The smallest absolute Gasteiger partial charge is 0.231 e. The highest BCUT2D eigenvalue weighted by Gasteiger charge is 2.20. The fourth-order valence-corrected chi connectivity index (χ4v) is 3.90. The van der Waals surface area contributed by atoms with Crippen LogP contribution in [0.2, 0.25) is 5.02 Å². The normalized spacial score (nSPS) is 11.6. The average Bonchev–Trinajstić information content (AvgIpc) is 3.15. The van der Waals surface area contributed by atoms with E-state index in [0.717, 1.165) is 12.1 Å². The maximum absolute atomic E-state index is 13.9. The van der Waals surface area contributed by atoms with Crippen LogP contribution in [0, 0.1) is 11.6 Å². The molecule has 0 radical (unpaired) electrons. The summed E-state index contributed by atoms with van der Waals surface area (Å²) in [5.74, 6) is -2.03. The SMILES string of the molecule is NS(=O)(=O)c1ccccc1-n1nc(-c2ccc(Cl)cc2)cc1-c1ccc(F)c(F)c1. The highest BCUT2D eigenvalue weighted by molar-refractivity contribution is 7.89. The van der Waals surface area contributed by atoms with Crippen molar-refractivity contribution in [1.29, 1.82) is 0 Å². The van der Waals surface area contributed by atoms with E-state index in [2.05, 4.69) is 5.10 Å². The minimum Gasteiger partial charge on any atom is -0.231 e. The molecule has 0 amide bonds. The van der Waals surface area contributed by atoms with Gasteiger partial charge < -0.3 is 0 Å². The van der Waals surface area contributed by atoms with E-state index < -0.39 is 21.7 Å². The monoisotopic (exact) mass is 445 g/mol. The van der Waals surface area contributed by atoms with Gasteiger partial charge >= 0.3 is 0 Å². The lowest BCUT2D eigenvalue weighted by atomic mass is 10.1. The second kappa shape index (κ2) is 7.64. The zero-order chi connectivity index (χ0) is 21.5. The molecule has 5 nitrogen and oxygen atoms in total. The predicted octanol–water partition coefficient (Wildman–Crippen LogP) is 4.79. The van der Waals surface area contributed by atoms with Crippen LogP contribution < -0.4 is 5.14 Å². The van der Waals surface area contributed by atoms with Gasteiger partial charge in [-0.3, -0.25) is 0 Å². The zero-order valence-corrected chi connectivity index (χ0v) is 16.8. The molecule has 9 heteroatoms. The first kappa shape index (κ1) is 20.2. The Hall–Kier alpha value is -3.07. The van der Waals surface area contributed by atoms with E-state index >= 15 is 0 Å². The molecule has 1 aromatic heterocycles. The maximum Gasteiger partial charge on any atom is 0.240 e. The minimum absolute atomic E-state index is 0.153. The molecular weight excluding hydrogens is 432 g/mol. The zero-order valence-electron chi connectivity index (χ0n) is 15.3. The Kier molecular flexibility index (Phi) is 5.15. The number of halogens is 3. The molecule has 152 valence electrons. The molecule has 0 spiro atoms. The van der Waals surface area contributed by atoms with Gasteiger partial charge in [0.05, 0.1) is 17.1 Å². The van der Waals surface area contributed by atoms with E-state index in [1.165, 1.54) is 28.9 Å². The number of primary sulfonamides is 1. The molecular formula is C21H14ClF2N3O2S. The molecule has 30 heavy (non-hydrogen) atoms. The van der Waals surface area contributed by atoms with Crippen molar-refractivity contribution in [2.45, 2.75) is 4.90 Å². The van der Waals surface area contributed by atoms with Crippen LogP contribution in [-0.2, 0) is 10.0 Å². The van der Waals surface area contributed by atoms with Crippen LogP contribution in [-0.4, -0.2) is 18.2 Å². The van der Waals surface area contributed by atoms with Crippen LogP contribution in [0.1, 0.15) is 0 Å². The van der Waals surface area contributed by atoms with Crippen molar-refractivity contribution in [3.63, 3.8) is 0 Å². The van der Waals surface area contributed by atoms with Crippen LogP contribution in [0.3, 0.4) is 0 Å². The lowest BCUT2D eigenvalue weighted by Crippen LogP contribution is -2.16. The number of hydrogen-bond donors (Lipinski definition) is 1. The molecule has 4 rings (SSSR count). The number of rotatable bonds is 4. The van der Waals surface area contributed by atoms with E-state index in [0.29, 0.717) is 27.5 Å². The molecule has 0 bridgehead atoms. The van der Waals surface area contributed by atoms with Crippen LogP contribution in [0.25, 0.3) is 28.2 Å². The molecule has 0 atom stereocenters. The Labute approximate surface area is 176 Å². The Bertz CT molecular complexity index is 1350. The minimum atomic E-state index is -4.07. The Morgan fingerprint density at radius 2 is 1.53 bits per heavy atom. The predicted molar refractivity (Wildman–Crippen MR) is 111 cm³/mol. The Balaban J connectivity index is 2.00. The standard InChI is InChI=1S/C21H14ClF2N3O2S/c22-15-8-5-13(6-9-15)18-12-20(14-7-10-16(23)17(24)11-14)27(26-18)19-3-1-2-4-21(19)30(25,28)29/h1-12H,(H2,25,28,29). The van der Waals surface area contributed by atoms with Crippen LogP contribution >= 0.6 is 11.6 Å². The van der Waals surface area contributed by atoms with Crippen LogP contribution in [0.4, 0.5) is 8.78 Å². The molecule has 3 aromatic carbocycles. The number of hydrogen-bond acceptors (Lipinski definition) is 3. The third-order valence-corrected chi connectivity index (χ3v) is 5.67. The fraction of sp³-hybridized carbons (Fsp3) is 0. The number of benzene rings is 3. The summed E-state index contributed by atoms with van der Waals surface area (Å²) in [6.45, 7) is 0. The third kappa shape index (κ3) is 3.85. The largest absolute Gasteiger partial charge is 0.240 e. The van der Waals surface area contributed by atoms with Gasteiger partial charge in [-0.05, 0) is 48.5 Å². The summed E-state index contributed by atoms with van der Waals surface area (Å²) < 4.78 is 52.9. The van der Waals surface area contributed by atoms with Gasteiger partial charge in [-0.25, -0.2) is 27.0 Å². The van der Waals surface area contributed by atoms with Crippen molar-refractivity contribution in [2.24, 2.45) is 5.14 Å². The lowest BCUT2D eigenvalue weighted by Gasteiger charge is -2.11. The van der Waals surface area contributed by atoms with Gasteiger partial charge in [0.2, 0.25) is 10.0 Å². The molecule has 0 aliphatic rings. The number of sulfonamides is 1. The molecule has 0 unspecified atom stereocenters. The molecule has 1 heterocycles. The van der Waals surface area contributed by atoms with Gasteiger partial charge in [0.15, 0.2) is 11.6 Å². The summed E-state index contributed by atoms with van der Waals surface area (Å²) in [5, 5.41) is 10.4. The van der Waals surface area contributed by atoms with Crippen molar-refractivity contribution in [1.82, 2.24) is 9.78 Å². The molecule has 0 fully saturated rings. The van der Waals surface area contributed by atoms with E-state index in [4.69, 9.17) is 16.7 Å². The number of aromatic nitrogens is 2. The van der Waals surface area contributed by atoms with Gasteiger partial charge in [-0.1, -0.05) is 35.9 Å². The van der Waals surface area contributed by atoms with E-state index in [9.17, 15) is 17.2 Å². The molecule has 4 aromatic rings. The maximum atomic E-state index is 13.9. The van der Waals surface area contributed by atoms with Crippen molar-refractivity contribution in [3.05, 3.63) is 89.5 Å². The molecule has 0 saturated carbocycles. The van der Waals surface area contributed by atoms with Crippen molar-refractivity contribution in [3.8, 4) is 28.2 Å². The van der Waals surface area contributed by atoms with E-state index in [1.54, 1.807) is 36.4 Å². The topological polar surface area (TPSA) is 78.0 Å². The summed E-state index contributed by atoms with van der Waals surface area (Å²) in [6, 6.07) is 18.0. The van der Waals surface area contributed by atoms with Gasteiger partial charge in [0, 0.05) is 16.1 Å². The molecule has 2 N–H and O–H groups in total. The van der Waals surface area contributed by atoms with Crippen molar-refractivity contribution < 1.29 is 17.2 Å². The van der Waals surface area contributed by atoms with Gasteiger partial charge in [-0.2, -0.15) is 5.10 Å². The summed E-state index contributed by atoms with van der Waals surface area (Å²) >= 11 is 5.95. The van der Waals surface area contributed by atoms with Gasteiger partial charge in [0.25, 0.3) is 0 Å². The highest BCUT2D eigenvalue weighted by Crippen LogP contribution is 2.32. The Morgan fingerprint density at radius 1 is 0.867 bits per heavy atom. The van der Waals surface area contributed by atoms with Gasteiger partial charge in [-0.15, -0.1) is 0 Å². The highest BCUT2D eigenvalue weighted by atomic mass is 35.5. The lowest BCUT2D eigenvalue weighted by molar-refractivity contribution is 0.509. The molecule has 0 aliphatic heterocycles. The Morgan fingerprint density at radius 3 is 2.20 bits per heavy atom. The fourth-order valence-electron chi connectivity index (χ4n) is 3.06. The summed E-state index contributed by atoms with van der Waals surface area (Å²) in [6.07, 6.45) is 0. The number of nitrogens with zero attached hydrogens (tertiary/aromatic N) is 2. The number of nitrogens with two attached hydrogens (primary N) is 1. The number of para-hydroxylation sites is 1. The quantitative estimate of drug-likeness (QED) is 0.490. The summed E-state index contributed by atoms with van der Waals surface area (Å²) in [4.78, 5) is -0.153. The van der Waals surface area contributed by atoms with Crippen molar-refractivity contribution >= 4 is 21.6 Å². The van der Waals surface area contributed by atoms with E-state index in [1.807, 2.05) is 0 Å². The average molecular weight is 446 g/mol. The third-order valence-electron chi connectivity index (χ3n) is 4.46. The first-order valence-electron chi connectivity index (χ1n) is 8.68. The first-order chi connectivity index (χ1) is 14.2. The first-order valence-corrected chi connectivity index (χ1v) is 10.6. The van der Waals surface area contributed by atoms with Crippen LogP contribution in [0.15, 0.2) is 77.7 Å².